The standard InChI is InChI=1S/C13H24N2O/c1-9(2)13(16)15-12-5-3-4-10-8-14-7-6-11(10)12/h9-12,14H,3-8H2,1-2H3,(H,15,16). The minimum Gasteiger partial charge on any atom is -0.353 e. The number of piperidine rings is 1. The zero-order chi connectivity index (χ0) is 11.5. The second kappa shape index (κ2) is 5.17. The number of nitrogens with one attached hydrogen (secondary N) is 2. The highest BCUT2D eigenvalue weighted by Crippen LogP contribution is 2.34. The van der Waals surface area contributed by atoms with E-state index in [0.29, 0.717) is 6.04 Å². The van der Waals surface area contributed by atoms with Crippen molar-refractivity contribution >= 4 is 5.91 Å². The Morgan fingerprint density at radius 1 is 1.31 bits per heavy atom. The number of hydrogen-bond acceptors (Lipinski definition) is 2. The van der Waals surface area contributed by atoms with Crippen molar-refractivity contribution in [1.82, 2.24) is 10.6 Å². The van der Waals surface area contributed by atoms with Crippen molar-refractivity contribution in [1.29, 1.82) is 0 Å². The van der Waals surface area contributed by atoms with E-state index in [1.165, 1.54) is 25.7 Å². The highest BCUT2D eigenvalue weighted by Gasteiger charge is 2.35. The van der Waals surface area contributed by atoms with E-state index in [0.717, 1.165) is 24.9 Å². The lowest BCUT2D eigenvalue weighted by molar-refractivity contribution is -0.125. The molecule has 3 atom stereocenters. The second-order valence-electron chi connectivity index (χ2n) is 5.62. The summed E-state index contributed by atoms with van der Waals surface area (Å²) in [5.41, 5.74) is 0. The molecule has 16 heavy (non-hydrogen) atoms. The lowest BCUT2D eigenvalue weighted by Crippen LogP contribution is -2.51. The van der Waals surface area contributed by atoms with Crippen LogP contribution in [-0.2, 0) is 4.79 Å². The van der Waals surface area contributed by atoms with E-state index < -0.39 is 0 Å². The average Bonchev–Trinajstić information content (AvgIpc) is 2.29. The molecule has 3 heteroatoms. The molecule has 1 saturated heterocycles. The second-order valence-corrected chi connectivity index (χ2v) is 5.62. The Labute approximate surface area is 98.4 Å². The molecule has 0 aromatic heterocycles. The van der Waals surface area contributed by atoms with Crippen LogP contribution in [0.15, 0.2) is 0 Å². The van der Waals surface area contributed by atoms with Crippen LogP contribution in [-0.4, -0.2) is 25.0 Å². The molecule has 1 aliphatic heterocycles. The highest BCUT2D eigenvalue weighted by molar-refractivity contribution is 5.78. The van der Waals surface area contributed by atoms with Crippen molar-refractivity contribution in [2.24, 2.45) is 17.8 Å². The Bertz CT molecular complexity index is 250. The molecule has 0 spiro atoms. The molecule has 2 rings (SSSR count). The van der Waals surface area contributed by atoms with Crippen LogP contribution in [0, 0.1) is 17.8 Å². The predicted octanol–water partition coefficient (Wildman–Crippen LogP) is 1.54. The number of hydrogen-bond donors (Lipinski definition) is 2. The molecule has 92 valence electrons. The van der Waals surface area contributed by atoms with Crippen LogP contribution in [0.1, 0.15) is 39.5 Å². The number of rotatable bonds is 2. The van der Waals surface area contributed by atoms with Gasteiger partial charge in [-0.25, -0.2) is 0 Å². The fourth-order valence-corrected chi connectivity index (χ4v) is 3.13. The molecule has 1 amide bonds. The van der Waals surface area contributed by atoms with Gasteiger partial charge >= 0.3 is 0 Å². The first-order valence-corrected chi connectivity index (χ1v) is 6.69. The predicted molar refractivity (Wildman–Crippen MR) is 65.1 cm³/mol. The maximum Gasteiger partial charge on any atom is 0.222 e. The zero-order valence-corrected chi connectivity index (χ0v) is 10.5. The molecule has 2 N–H and O–H groups in total. The fraction of sp³-hybridized carbons (Fsp3) is 0.923. The molecule has 1 heterocycles. The van der Waals surface area contributed by atoms with Gasteiger partial charge < -0.3 is 10.6 Å². The summed E-state index contributed by atoms with van der Waals surface area (Å²) in [7, 11) is 0. The topological polar surface area (TPSA) is 41.1 Å². The van der Waals surface area contributed by atoms with E-state index in [2.05, 4.69) is 10.6 Å². The average molecular weight is 224 g/mol. The summed E-state index contributed by atoms with van der Waals surface area (Å²) < 4.78 is 0. The number of amides is 1. The Balaban J connectivity index is 1.94. The number of fused-ring (bicyclic) bond motifs is 1. The molecule has 0 radical (unpaired) electrons. The van der Waals surface area contributed by atoms with Crippen LogP contribution in [0.2, 0.25) is 0 Å². The third kappa shape index (κ3) is 2.57. The van der Waals surface area contributed by atoms with Crippen molar-refractivity contribution in [3.05, 3.63) is 0 Å². The summed E-state index contributed by atoms with van der Waals surface area (Å²) >= 11 is 0. The quantitative estimate of drug-likeness (QED) is 0.747. The Hall–Kier alpha value is -0.570. The third-order valence-corrected chi connectivity index (χ3v) is 4.13. The molecule has 0 aromatic rings. The minimum atomic E-state index is 0.113. The molecule has 0 bridgehead atoms. The Morgan fingerprint density at radius 3 is 2.88 bits per heavy atom. The van der Waals surface area contributed by atoms with Crippen LogP contribution in [0.3, 0.4) is 0 Å². The zero-order valence-electron chi connectivity index (χ0n) is 10.5. The van der Waals surface area contributed by atoms with Gasteiger partial charge in [0.25, 0.3) is 0 Å². The maximum absolute atomic E-state index is 11.8. The van der Waals surface area contributed by atoms with Gasteiger partial charge in [-0.15, -0.1) is 0 Å². The van der Waals surface area contributed by atoms with Crippen LogP contribution in [0.5, 0.6) is 0 Å². The van der Waals surface area contributed by atoms with Gasteiger partial charge in [0.15, 0.2) is 0 Å². The van der Waals surface area contributed by atoms with Crippen LogP contribution < -0.4 is 10.6 Å². The van der Waals surface area contributed by atoms with E-state index in [1.54, 1.807) is 0 Å². The van der Waals surface area contributed by atoms with E-state index in [-0.39, 0.29) is 11.8 Å². The molecule has 2 fully saturated rings. The largest absolute Gasteiger partial charge is 0.353 e. The van der Waals surface area contributed by atoms with Gasteiger partial charge in [0.05, 0.1) is 0 Å². The summed E-state index contributed by atoms with van der Waals surface area (Å²) in [5, 5.41) is 6.72. The molecule has 2 aliphatic rings. The smallest absolute Gasteiger partial charge is 0.222 e. The SMILES string of the molecule is CC(C)C(=O)NC1CCCC2CNCCC21. The molecular weight excluding hydrogens is 200 g/mol. The van der Waals surface area contributed by atoms with Crippen LogP contribution in [0.25, 0.3) is 0 Å². The van der Waals surface area contributed by atoms with Crippen molar-refractivity contribution in [2.45, 2.75) is 45.6 Å². The monoisotopic (exact) mass is 224 g/mol. The van der Waals surface area contributed by atoms with Gasteiger partial charge in [-0.3, -0.25) is 4.79 Å². The van der Waals surface area contributed by atoms with Gasteiger partial charge in [0.1, 0.15) is 0 Å². The molecule has 3 nitrogen and oxygen atoms in total. The van der Waals surface area contributed by atoms with Gasteiger partial charge in [-0.1, -0.05) is 20.3 Å². The van der Waals surface area contributed by atoms with Crippen molar-refractivity contribution in [3.8, 4) is 0 Å². The van der Waals surface area contributed by atoms with E-state index in [9.17, 15) is 4.79 Å². The Morgan fingerprint density at radius 2 is 2.12 bits per heavy atom. The third-order valence-electron chi connectivity index (χ3n) is 4.13. The minimum absolute atomic E-state index is 0.113. The van der Waals surface area contributed by atoms with Gasteiger partial charge in [0, 0.05) is 12.0 Å². The number of carbonyl (C=O) groups excluding carboxylic acids is 1. The van der Waals surface area contributed by atoms with Crippen molar-refractivity contribution in [3.63, 3.8) is 0 Å². The normalized spacial score (nSPS) is 34.6. The molecule has 1 saturated carbocycles. The van der Waals surface area contributed by atoms with Gasteiger partial charge in [-0.2, -0.15) is 0 Å². The lowest BCUT2D eigenvalue weighted by atomic mass is 9.72. The summed E-state index contributed by atoms with van der Waals surface area (Å²) in [4.78, 5) is 11.8. The summed E-state index contributed by atoms with van der Waals surface area (Å²) in [5.74, 6) is 1.85. The van der Waals surface area contributed by atoms with Crippen molar-refractivity contribution in [2.75, 3.05) is 13.1 Å². The molecular formula is C13H24N2O. The first-order valence-electron chi connectivity index (χ1n) is 6.69. The summed E-state index contributed by atoms with van der Waals surface area (Å²) in [6.45, 7) is 6.21. The van der Waals surface area contributed by atoms with E-state index in [4.69, 9.17) is 0 Å². The highest BCUT2D eigenvalue weighted by atomic mass is 16.1. The van der Waals surface area contributed by atoms with Crippen LogP contribution >= 0.6 is 0 Å². The fourth-order valence-electron chi connectivity index (χ4n) is 3.13. The molecule has 0 aromatic carbocycles. The van der Waals surface area contributed by atoms with E-state index >= 15 is 0 Å². The number of carbonyl (C=O) groups is 1. The molecule has 1 aliphatic carbocycles. The van der Waals surface area contributed by atoms with Gasteiger partial charge in [-0.05, 0) is 44.2 Å². The van der Waals surface area contributed by atoms with Crippen molar-refractivity contribution < 1.29 is 4.79 Å². The summed E-state index contributed by atoms with van der Waals surface area (Å²) in [6, 6.07) is 0.441. The first-order chi connectivity index (χ1) is 7.68. The first kappa shape index (κ1) is 11.9. The maximum atomic E-state index is 11.8. The molecule has 3 unspecified atom stereocenters. The van der Waals surface area contributed by atoms with E-state index in [1.807, 2.05) is 13.8 Å². The van der Waals surface area contributed by atoms with Gasteiger partial charge in [0.2, 0.25) is 5.91 Å². The summed E-state index contributed by atoms with van der Waals surface area (Å²) in [6.07, 6.45) is 5.02. The van der Waals surface area contributed by atoms with Crippen LogP contribution in [0.4, 0.5) is 0 Å². The lowest BCUT2D eigenvalue weighted by Gasteiger charge is -2.42. The Kier molecular flexibility index (Phi) is 3.85.